The Morgan fingerprint density at radius 1 is 1.42 bits per heavy atom. The molecule has 5 heteroatoms. The lowest BCUT2D eigenvalue weighted by Gasteiger charge is -2.34. The van der Waals surface area contributed by atoms with E-state index < -0.39 is 11.4 Å². The molecule has 1 aromatic carbocycles. The van der Waals surface area contributed by atoms with Gasteiger partial charge in [-0.3, -0.25) is 4.90 Å². The fourth-order valence-corrected chi connectivity index (χ4v) is 2.40. The Morgan fingerprint density at radius 3 is 2.68 bits per heavy atom. The first-order valence-corrected chi connectivity index (χ1v) is 6.52. The molecule has 0 aromatic heterocycles. The van der Waals surface area contributed by atoms with E-state index in [0.29, 0.717) is 12.1 Å². The first kappa shape index (κ1) is 14.2. The molecule has 0 amide bonds. The first-order chi connectivity index (χ1) is 9.03. The number of hydrogen-bond donors (Lipinski definition) is 2. The van der Waals surface area contributed by atoms with Crippen LogP contribution in [0, 0.1) is 5.82 Å². The molecule has 1 aliphatic rings. The van der Waals surface area contributed by atoms with Crippen molar-refractivity contribution in [2.75, 3.05) is 39.8 Å². The third-order valence-electron chi connectivity index (χ3n) is 3.51. The lowest BCUT2D eigenvalue weighted by molar-refractivity contribution is 0.0123. The number of nitrogens with one attached hydrogen (secondary N) is 1. The molecule has 1 aliphatic heterocycles. The highest BCUT2D eigenvalue weighted by molar-refractivity contribution is 5.32. The molecule has 19 heavy (non-hydrogen) atoms. The number of aliphatic hydroxyl groups is 1. The molecule has 0 aliphatic carbocycles. The molecule has 2 rings (SSSR count). The van der Waals surface area contributed by atoms with Gasteiger partial charge in [-0.1, -0.05) is 6.07 Å². The van der Waals surface area contributed by atoms with Crippen LogP contribution in [0.25, 0.3) is 0 Å². The molecular weight excluding hydrogens is 247 g/mol. The quantitative estimate of drug-likeness (QED) is 0.853. The Balaban J connectivity index is 2.11. The number of hydrogen-bond acceptors (Lipinski definition) is 4. The predicted octanol–water partition coefficient (Wildman–Crippen LogP) is 0.947. The van der Waals surface area contributed by atoms with Gasteiger partial charge >= 0.3 is 0 Å². The molecular formula is C14H21FN2O2. The first-order valence-electron chi connectivity index (χ1n) is 6.52. The van der Waals surface area contributed by atoms with Gasteiger partial charge in [0.05, 0.1) is 12.7 Å². The maximum atomic E-state index is 13.7. The van der Waals surface area contributed by atoms with Crippen LogP contribution in [-0.4, -0.2) is 49.8 Å². The number of β-amino-alcohol motifs (C(OH)–C–C–N with tert-alkyl or cyclic N) is 1. The summed E-state index contributed by atoms with van der Waals surface area (Å²) in [5.74, 6) is -0.248. The van der Waals surface area contributed by atoms with Crippen molar-refractivity contribution in [1.29, 1.82) is 0 Å². The van der Waals surface area contributed by atoms with Gasteiger partial charge < -0.3 is 15.2 Å². The van der Waals surface area contributed by atoms with E-state index in [9.17, 15) is 9.50 Å². The number of nitrogens with zero attached hydrogens (tertiary/aromatic N) is 1. The molecule has 106 valence electrons. The highest BCUT2D eigenvalue weighted by atomic mass is 19.1. The van der Waals surface area contributed by atoms with E-state index in [0.717, 1.165) is 26.2 Å². The second-order valence-electron chi connectivity index (χ2n) is 5.15. The topological polar surface area (TPSA) is 44.7 Å². The van der Waals surface area contributed by atoms with Gasteiger partial charge in [-0.2, -0.15) is 0 Å². The summed E-state index contributed by atoms with van der Waals surface area (Å²) < 4.78 is 18.6. The highest BCUT2D eigenvalue weighted by Crippen LogP contribution is 2.26. The minimum absolute atomic E-state index is 0.196. The van der Waals surface area contributed by atoms with Gasteiger partial charge in [0.25, 0.3) is 0 Å². The van der Waals surface area contributed by atoms with Gasteiger partial charge in [0.15, 0.2) is 11.6 Å². The summed E-state index contributed by atoms with van der Waals surface area (Å²) in [6.07, 6.45) is 0. The van der Waals surface area contributed by atoms with E-state index in [2.05, 4.69) is 10.2 Å². The van der Waals surface area contributed by atoms with E-state index in [1.54, 1.807) is 19.1 Å². The van der Waals surface area contributed by atoms with Crippen LogP contribution in [0.2, 0.25) is 0 Å². The van der Waals surface area contributed by atoms with Gasteiger partial charge in [-0.05, 0) is 24.6 Å². The van der Waals surface area contributed by atoms with Crippen LogP contribution in [0.15, 0.2) is 18.2 Å². The van der Waals surface area contributed by atoms with Crippen molar-refractivity contribution in [2.24, 2.45) is 0 Å². The Kier molecular flexibility index (Phi) is 4.39. The summed E-state index contributed by atoms with van der Waals surface area (Å²) in [4.78, 5) is 2.18. The standard InChI is InChI=1S/C14H21FN2O2/c1-14(18,10-17-7-5-16-6-8-17)11-3-4-13(19-2)12(15)9-11/h3-4,9,16,18H,5-8,10H2,1-2H3. The number of piperazine rings is 1. The van der Waals surface area contributed by atoms with E-state index in [1.807, 2.05) is 0 Å². The molecule has 1 aromatic rings. The third-order valence-corrected chi connectivity index (χ3v) is 3.51. The maximum Gasteiger partial charge on any atom is 0.165 e. The van der Waals surface area contributed by atoms with Crippen molar-refractivity contribution in [3.63, 3.8) is 0 Å². The summed E-state index contributed by atoms with van der Waals surface area (Å²) in [6, 6.07) is 4.61. The third kappa shape index (κ3) is 3.43. The molecule has 0 radical (unpaired) electrons. The van der Waals surface area contributed by atoms with E-state index in [4.69, 9.17) is 4.74 Å². The van der Waals surface area contributed by atoms with Crippen molar-refractivity contribution in [3.8, 4) is 5.75 Å². The minimum Gasteiger partial charge on any atom is -0.494 e. The smallest absolute Gasteiger partial charge is 0.165 e. The van der Waals surface area contributed by atoms with Crippen molar-refractivity contribution in [2.45, 2.75) is 12.5 Å². The maximum absolute atomic E-state index is 13.7. The summed E-state index contributed by atoms with van der Waals surface area (Å²) in [5, 5.41) is 13.8. The number of rotatable bonds is 4. The van der Waals surface area contributed by atoms with Gasteiger partial charge in [-0.25, -0.2) is 4.39 Å². The lowest BCUT2D eigenvalue weighted by atomic mass is 9.95. The number of methoxy groups -OCH3 is 1. The summed E-state index contributed by atoms with van der Waals surface area (Å²) in [6.45, 7) is 5.86. The average Bonchev–Trinajstić information content (AvgIpc) is 2.39. The normalized spacial score (nSPS) is 20.0. The van der Waals surface area contributed by atoms with Gasteiger partial charge in [0.1, 0.15) is 0 Å². The highest BCUT2D eigenvalue weighted by Gasteiger charge is 2.27. The van der Waals surface area contributed by atoms with Crippen LogP contribution in [0.5, 0.6) is 5.75 Å². The van der Waals surface area contributed by atoms with E-state index in [1.165, 1.54) is 13.2 Å². The monoisotopic (exact) mass is 268 g/mol. The number of benzene rings is 1. The molecule has 2 N–H and O–H groups in total. The molecule has 0 bridgehead atoms. The van der Waals surface area contributed by atoms with E-state index in [-0.39, 0.29) is 5.75 Å². The van der Waals surface area contributed by atoms with Gasteiger partial charge in [-0.15, -0.1) is 0 Å². The molecule has 0 spiro atoms. The fourth-order valence-electron chi connectivity index (χ4n) is 2.40. The fraction of sp³-hybridized carbons (Fsp3) is 0.571. The van der Waals surface area contributed by atoms with Crippen LogP contribution in [0.4, 0.5) is 4.39 Å². The summed E-state index contributed by atoms with van der Waals surface area (Å²) >= 11 is 0. The Hall–Kier alpha value is -1.17. The summed E-state index contributed by atoms with van der Waals surface area (Å²) in [5.41, 5.74) is -0.492. The number of halogens is 1. The Bertz CT molecular complexity index is 431. The molecule has 1 atom stereocenters. The van der Waals surface area contributed by atoms with Crippen molar-refractivity contribution in [1.82, 2.24) is 10.2 Å². The largest absolute Gasteiger partial charge is 0.494 e. The van der Waals surface area contributed by atoms with Crippen molar-refractivity contribution >= 4 is 0 Å². The van der Waals surface area contributed by atoms with Crippen LogP contribution in [0.1, 0.15) is 12.5 Å². The zero-order valence-electron chi connectivity index (χ0n) is 11.4. The zero-order valence-corrected chi connectivity index (χ0v) is 11.4. The van der Waals surface area contributed by atoms with Gasteiger partial charge in [0, 0.05) is 32.7 Å². The van der Waals surface area contributed by atoms with Crippen molar-refractivity contribution < 1.29 is 14.2 Å². The number of ether oxygens (including phenoxy) is 1. The van der Waals surface area contributed by atoms with Gasteiger partial charge in [0.2, 0.25) is 0 Å². The van der Waals surface area contributed by atoms with E-state index >= 15 is 0 Å². The van der Waals surface area contributed by atoms with Crippen LogP contribution < -0.4 is 10.1 Å². The second kappa shape index (κ2) is 5.86. The molecule has 4 nitrogen and oxygen atoms in total. The Morgan fingerprint density at radius 2 is 2.11 bits per heavy atom. The van der Waals surface area contributed by atoms with Crippen molar-refractivity contribution in [3.05, 3.63) is 29.6 Å². The lowest BCUT2D eigenvalue weighted by Crippen LogP contribution is -2.48. The predicted molar refractivity (Wildman–Crippen MR) is 71.8 cm³/mol. The molecule has 1 fully saturated rings. The molecule has 1 unspecified atom stereocenters. The molecule has 1 saturated heterocycles. The zero-order chi connectivity index (χ0) is 13.9. The SMILES string of the molecule is COc1ccc(C(C)(O)CN2CCNCC2)cc1F. The van der Waals surface area contributed by atoms with Crippen LogP contribution in [-0.2, 0) is 5.60 Å². The Labute approximate surface area is 113 Å². The molecule has 0 saturated carbocycles. The van der Waals surface area contributed by atoms with Crippen LogP contribution in [0.3, 0.4) is 0 Å². The average molecular weight is 268 g/mol. The minimum atomic E-state index is -1.07. The molecule has 1 heterocycles. The summed E-state index contributed by atoms with van der Waals surface area (Å²) in [7, 11) is 1.43. The second-order valence-corrected chi connectivity index (χ2v) is 5.15. The van der Waals surface area contributed by atoms with Crippen LogP contribution >= 0.6 is 0 Å².